The molecule has 0 spiro atoms. The number of rotatable bonds is 8. The van der Waals surface area contributed by atoms with E-state index in [1.54, 1.807) is 6.08 Å². The van der Waals surface area contributed by atoms with Crippen molar-refractivity contribution in [2.45, 2.75) is 48.7 Å². The quantitative estimate of drug-likeness (QED) is 0.347. The molecule has 0 aliphatic rings. The minimum atomic E-state index is -7.03. The Labute approximate surface area is 141 Å². The van der Waals surface area contributed by atoms with Gasteiger partial charge in [0.05, 0.1) is 0 Å². The van der Waals surface area contributed by atoms with Crippen molar-refractivity contribution in [3.8, 4) is 0 Å². The van der Waals surface area contributed by atoms with Gasteiger partial charge in [-0.15, -0.1) is 6.58 Å². The van der Waals surface area contributed by atoms with Crippen LogP contribution in [-0.4, -0.2) is 49.0 Å². The van der Waals surface area contributed by atoms with Crippen LogP contribution in [0, 0.1) is 0 Å². The molecular formula is C11H15F10NO3S. The van der Waals surface area contributed by atoms with E-state index in [0.29, 0.717) is 6.54 Å². The van der Waals surface area contributed by atoms with Crippen LogP contribution < -0.4 is 5.73 Å². The van der Waals surface area contributed by atoms with E-state index in [2.05, 4.69) is 6.58 Å². The minimum absolute atomic E-state index is 0.583. The Morgan fingerprint density at radius 2 is 1.42 bits per heavy atom. The van der Waals surface area contributed by atoms with E-state index in [4.69, 9.17) is 10.3 Å². The Hall–Kier alpha value is -1.09. The van der Waals surface area contributed by atoms with E-state index < -0.39 is 58.8 Å². The van der Waals surface area contributed by atoms with Gasteiger partial charge in [0.15, 0.2) is 6.17 Å². The Morgan fingerprint density at radius 3 is 1.69 bits per heavy atom. The number of alkyl halides is 10. The first-order valence-electron chi connectivity index (χ1n) is 6.41. The Kier molecular flexibility index (Phi) is 9.61. The van der Waals surface area contributed by atoms with Crippen molar-refractivity contribution >= 4 is 10.1 Å². The van der Waals surface area contributed by atoms with Crippen molar-refractivity contribution in [3.05, 3.63) is 12.7 Å². The summed E-state index contributed by atoms with van der Waals surface area (Å²) < 4.78 is 153. The Balaban J connectivity index is 0. The third kappa shape index (κ3) is 6.90. The van der Waals surface area contributed by atoms with Crippen LogP contribution in [0.25, 0.3) is 0 Å². The van der Waals surface area contributed by atoms with Crippen molar-refractivity contribution in [1.82, 2.24) is 0 Å². The lowest BCUT2D eigenvalue weighted by Gasteiger charge is -2.32. The molecule has 0 saturated carbocycles. The molecule has 0 aromatic rings. The molecular weight excluding hydrogens is 416 g/mol. The van der Waals surface area contributed by atoms with E-state index in [9.17, 15) is 52.3 Å². The van der Waals surface area contributed by atoms with Crippen LogP contribution in [0.4, 0.5) is 43.9 Å². The van der Waals surface area contributed by atoms with E-state index in [-0.39, 0.29) is 0 Å². The Morgan fingerprint density at radius 1 is 1.04 bits per heavy atom. The van der Waals surface area contributed by atoms with Gasteiger partial charge in [-0.25, -0.2) is 4.39 Å². The molecule has 0 aromatic carbocycles. The van der Waals surface area contributed by atoms with Crippen LogP contribution in [0.3, 0.4) is 0 Å². The van der Waals surface area contributed by atoms with Crippen LogP contribution in [0.5, 0.6) is 0 Å². The molecule has 0 bridgehead atoms. The summed E-state index contributed by atoms with van der Waals surface area (Å²) in [5.74, 6) is -13.2. The van der Waals surface area contributed by atoms with E-state index >= 15 is 0 Å². The molecule has 15 heteroatoms. The molecule has 1 atom stereocenters. The smallest absolute Gasteiger partial charge is 0.327 e. The summed E-state index contributed by atoms with van der Waals surface area (Å²) in [5, 5.41) is -6.74. The zero-order valence-electron chi connectivity index (χ0n) is 12.7. The predicted octanol–water partition coefficient (Wildman–Crippen LogP) is 3.94. The highest BCUT2D eigenvalue weighted by molar-refractivity contribution is 7.87. The molecule has 0 aromatic heterocycles. The van der Waals surface area contributed by atoms with Gasteiger partial charge in [-0.2, -0.15) is 47.9 Å². The number of nitrogens with two attached hydrogens (primary N) is 1. The van der Waals surface area contributed by atoms with Crippen LogP contribution in [0.2, 0.25) is 0 Å². The van der Waals surface area contributed by atoms with Crippen molar-refractivity contribution in [2.24, 2.45) is 5.73 Å². The molecule has 26 heavy (non-hydrogen) atoms. The molecule has 3 N–H and O–H groups in total. The van der Waals surface area contributed by atoms with Gasteiger partial charge < -0.3 is 5.73 Å². The zero-order chi connectivity index (χ0) is 21.6. The lowest BCUT2D eigenvalue weighted by atomic mass is 10.0. The first-order valence-corrected chi connectivity index (χ1v) is 7.85. The van der Waals surface area contributed by atoms with Gasteiger partial charge in [-0.3, -0.25) is 4.55 Å². The number of hydrogen-bond donors (Lipinski definition) is 2. The standard InChI is InChI=1S/C8H8F10O3S.C3H7N/c9-4(2-1-3-5(10,11)12)6(13,14)7(15,16)8(17,18)22(19,20)21;1-2-3-4/h4H,1-3H2,(H,19,20,21);2H,1,3-4H2. The highest BCUT2D eigenvalue weighted by Crippen LogP contribution is 2.51. The lowest BCUT2D eigenvalue weighted by Crippen LogP contribution is -2.61. The topological polar surface area (TPSA) is 80.4 Å². The van der Waals surface area contributed by atoms with Crippen molar-refractivity contribution < 1.29 is 56.9 Å². The normalized spacial score (nSPS) is 15.1. The molecule has 4 nitrogen and oxygen atoms in total. The van der Waals surface area contributed by atoms with Gasteiger partial charge in [-0.05, 0) is 12.8 Å². The highest BCUT2D eigenvalue weighted by Gasteiger charge is 2.79. The fourth-order valence-corrected chi connectivity index (χ4v) is 1.68. The van der Waals surface area contributed by atoms with Crippen molar-refractivity contribution in [1.29, 1.82) is 0 Å². The highest BCUT2D eigenvalue weighted by atomic mass is 32.2. The largest absolute Gasteiger partial charge is 0.438 e. The van der Waals surface area contributed by atoms with Crippen LogP contribution >= 0.6 is 0 Å². The van der Waals surface area contributed by atoms with Crippen LogP contribution in [-0.2, 0) is 10.1 Å². The van der Waals surface area contributed by atoms with Gasteiger partial charge in [-0.1, -0.05) is 6.08 Å². The average Bonchev–Trinajstić information content (AvgIpc) is 2.44. The fraction of sp³-hybridized carbons (Fsp3) is 0.818. The second-order valence-corrected chi connectivity index (χ2v) is 6.15. The summed E-state index contributed by atoms with van der Waals surface area (Å²) in [6.45, 7) is 3.94. The molecule has 0 saturated heterocycles. The molecule has 0 radical (unpaired) electrons. The molecule has 0 rings (SSSR count). The molecule has 0 aliphatic heterocycles. The van der Waals surface area contributed by atoms with E-state index in [0.717, 1.165) is 0 Å². The third-order valence-electron chi connectivity index (χ3n) is 2.59. The van der Waals surface area contributed by atoms with Crippen molar-refractivity contribution in [2.75, 3.05) is 6.54 Å². The monoisotopic (exact) mass is 431 g/mol. The lowest BCUT2D eigenvalue weighted by molar-refractivity contribution is -0.300. The predicted molar refractivity (Wildman–Crippen MR) is 70.4 cm³/mol. The SMILES string of the molecule is C=CCN.O=S(=O)(O)C(F)(F)C(F)(F)C(F)(F)C(F)CCCC(F)(F)F. The summed E-state index contributed by atoms with van der Waals surface area (Å²) in [5.41, 5.74) is 4.91. The second kappa shape index (κ2) is 9.21. The molecule has 0 heterocycles. The first-order chi connectivity index (χ1) is 11.3. The zero-order valence-corrected chi connectivity index (χ0v) is 13.5. The summed E-state index contributed by atoms with van der Waals surface area (Å²) in [6.07, 6.45) is -12.6. The molecule has 0 aliphatic carbocycles. The third-order valence-corrected chi connectivity index (χ3v) is 3.49. The van der Waals surface area contributed by atoms with Crippen LogP contribution in [0.1, 0.15) is 19.3 Å². The van der Waals surface area contributed by atoms with Gasteiger partial charge in [0.2, 0.25) is 0 Å². The summed E-state index contributed by atoms with van der Waals surface area (Å²) in [6, 6.07) is 0. The average molecular weight is 431 g/mol. The summed E-state index contributed by atoms with van der Waals surface area (Å²) in [7, 11) is -7.03. The van der Waals surface area contributed by atoms with Crippen LogP contribution in [0.15, 0.2) is 12.7 Å². The van der Waals surface area contributed by atoms with Gasteiger partial charge in [0.1, 0.15) is 0 Å². The first kappa shape index (κ1) is 27.1. The fourth-order valence-electron chi connectivity index (χ4n) is 1.22. The van der Waals surface area contributed by atoms with E-state index in [1.165, 1.54) is 0 Å². The molecule has 0 fully saturated rings. The molecule has 158 valence electrons. The maximum atomic E-state index is 13.0. The number of halogens is 10. The minimum Gasteiger partial charge on any atom is -0.327 e. The second-order valence-electron chi connectivity index (χ2n) is 4.69. The molecule has 1 unspecified atom stereocenters. The van der Waals surface area contributed by atoms with Gasteiger partial charge >= 0.3 is 33.4 Å². The van der Waals surface area contributed by atoms with E-state index in [1.807, 2.05) is 0 Å². The molecule has 0 amide bonds. The Bertz CT molecular complexity index is 547. The van der Waals surface area contributed by atoms with Crippen molar-refractivity contribution in [3.63, 3.8) is 0 Å². The summed E-state index contributed by atoms with van der Waals surface area (Å²) >= 11 is 0. The maximum absolute atomic E-state index is 13.0. The van der Waals surface area contributed by atoms with Gasteiger partial charge in [0, 0.05) is 13.0 Å². The van der Waals surface area contributed by atoms with Gasteiger partial charge in [0.25, 0.3) is 0 Å². The number of hydrogen-bond acceptors (Lipinski definition) is 3. The summed E-state index contributed by atoms with van der Waals surface area (Å²) in [4.78, 5) is 0. The maximum Gasteiger partial charge on any atom is 0.438 e.